The third-order valence-corrected chi connectivity index (χ3v) is 1.10. The first-order valence-corrected chi connectivity index (χ1v) is 3.20. The molecule has 0 aliphatic carbocycles. The second-order valence-corrected chi connectivity index (χ2v) is 1.93. The standard InChI is InChI=1S/C8H8O3/c9-6-2-1-3-7-4-5-8(10)11-7/h1-5,9H,6H2/b2-1+,7-3-. The summed E-state index contributed by atoms with van der Waals surface area (Å²) < 4.78 is 4.69. The Hall–Kier alpha value is -1.35. The number of carbonyl (C=O) groups excluding carboxylic acids is 1. The number of hydrogen-bond acceptors (Lipinski definition) is 3. The summed E-state index contributed by atoms with van der Waals surface area (Å²) in [6.07, 6.45) is 7.70. The molecule has 3 nitrogen and oxygen atoms in total. The average Bonchev–Trinajstić information content (AvgIpc) is 2.37. The van der Waals surface area contributed by atoms with Gasteiger partial charge in [-0.1, -0.05) is 12.2 Å². The molecule has 0 aromatic heterocycles. The van der Waals surface area contributed by atoms with Crippen molar-refractivity contribution in [3.8, 4) is 0 Å². The van der Waals surface area contributed by atoms with E-state index in [1.807, 2.05) is 0 Å². The zero-order valence-corrected chi connectivity index (χ0v) is 5.86. The van der Waals surface area contributed by atoms with Gasteiger partial charge in [-0.2, -0.15) is 0 Å². The summed E-state index contributed by atoms with van der Waals surface area (Å²) in [6, 6.07) is 0. The molecule has 0 unspecified atom stereocenters. The minimum atomic E-state index is -0.353. The smallest absolute Gasteiger partial charge is 0.336 e. The van der Waals surface area contributed by atoms with Crippen LogP contribution in [0.2, 0.25) is 0 Å². The van der Waals surface area contributed by atoms with Crippen molar-refractivity contribution in [1.29, 1.82) is 0 Å². The molecule has 0 fully saturated rings. The van der Waals surface area contributed by atoms with E-state index in [0.717, 1.165) is 0 Å². The van der Waals surface area contributed by atoms with Crippen LogP contribution in [-0.2, 0) is 9.53 Å². The molecule has 0 radical (unpaired) electrons. The highest BCUT2D eigenvalue weighted by molar-refractivity contribution is 5.86. The zero-order chi connectivity index (χ0) is 8.10. The van der Waals surface area contributed by atoms with E-state index < -0.39 is 0 Å². The van der Waals surface area contributed by atoms with Crippen LogP contribution in [0.4, 0.5) is 0 Å². The maximum absolute atomic E-state index is 10.5. The van der Waals surface area contributed by atoms with Crippen molar-refractivity contribution < 1.29 is 14.6 Å². The number of cyclic esters (lactones) is 1. The molecule has 0 saturated heterocycles. The molecule has 3 heteroatoms. The first-order valence-electron chi connectivity index (χ1n) is 3.20. The van der Waals surface area contributed by atoms with Crippen LogP contribution in [0, 0.1) is 0 Å². The van der Waals surface area contributed by atoms with Gasteiger partial charge in [0.2, 0.25) is 0 Å². The van der Waals surface area contributed by atoms with Gasteiger partial charge in [0.15, 0.2) is 0 Å². The molecule has 0 amide bonds. The van der Waals surface area contributed by atoms with Crippen molar-refractivity contribution in [2.45, 2.75) is 0 Å². The Morgan fingerprint density at radius 2 is 2.36 bits per heavy atom. The van der Waals surface area contributed by atoms with E-state index in [2.05, 4.69) is 4.74 Å². The molecule has 0 spiro atoms. The van der Waals surface area contributed by atoms with Gasteiger partial charge in [0.05, 0.1) is 6.61 Å². The molecule has 1 heterocycles. The molecule has 1 aliphatic rings. The predicted octanol–water partition coefficient (Wildman–Crippen LogP) is 0.532. The second-order valence-electron chi connectivity index (χ2n) is 1.93. The lowest BCUT2D eigenvalue weighted by Gasteiger charge is -1.90. The van der Waals surface area contributed by atoms with E-state index >= 15 is 0 Å². The van der Waals surface area contributed by atoms with Gasteiger partial charge in [-0.3, -0.25) is 0 Å². The quantitative estimate of drug-likeness (QED) is 0.587. The fourth-order valence-corrected chi connectivity index (χ4v) is 0.648. The van der Waals surface area contributed by atoms with Crippen molar-refractivity contribution in [2.24, 2.45) is 0 Å². The van der Waals surface area contributed by atoms with E-state index in [1.54, 1.807) is 24.3 Å². The third kappa shape index (κ3) is 2.39. The van der Waals surface area contributed by atoms with Crippen LogP contribution in [0.15, 0.2) is 36.1 Å². The first-order chi connectivity index (χ1) is 5.33. The summed E-state index contributed by atoms with van der Waals surface area (Å²) in [4.78, 5) is 10.5. The molecule has 58 valence electrons. The molecule has 0 aromatic carbocycles. The third-order valence-electron chi connectivity index (χ3n) is 1.10. The van der Waals surface area contributed by atoms with Gasteiger partial charge in [0.1, 0.15) is 5.76 Å². The molecule has 1 rings (SSSR count). The van der Waals surface area contributed by atoms with E-state index in [1.165, 1.54) is 6.08 Å². The van der Waals surface area contributed by atoms with Crippen LogP contribution in [-0.4, -0.2) is 17.7 Å². The minimum absolute atomic E-state index is 0.0125. The Kier molecular flexibility index (Phi) is 2.63. The summed E-state index contributed by atoms with van der Waals surface area (Å²) in [5.41, 5.74) is 0. The van der Waals surface area contributed by atoms with Crippen LogP contribution in [0.5, 0.6) is 0 Å². The van der Waals surface area contributed by atoms with Gasteiger partial charge in [-0.15, -0.1) is 0 Å². The average molecular weight is 152 g/mol. The molecule has 1 N–H and O–H groups in total. The normalized spacial score (nSPS) is 20.1. The first kappa shape index (κ1) is 7.75. The second kappa shape index (κ2) is 3.73. The fourth-order valence-electron chi connectivity index (χ4n) is 0.648. The van der Waals surface area contributed by atoms with E-state index in [-0.39, 0.29) is 12.6 Å². The predicted molar refractivity (Wildman–Crippen MR) is 39.5 cm³/mol. The molecule has 1 aliphatic heterocycles. The van der Waals surface area contributed by atoms with Crippen LogP contribution in [0.3, 0.4) is 0 Å². The lowest BCUT2D eigenvalue weighted by molar-refractivity contribution is -0.132. The highest BCUT2D eigenvalue weighted by atomic mass is 16.5. The van der Waals surface area contributed by atoms with Crippen LogP contribution >= 0.6 is 0 Å². The number of allylic oxidation sites excluding steroid dienone is 3. The maximum Gasteiger partial charge on any atom is 0.336 e. The molecule has 0 bridgehead atoms. The number of hydrogen-bond donors (Lipinski definition) is 1. The Morgan fingerprint density at radius 3 is 2.91 bits per heavy atom. The van der Waals surface area contributed by atoms with Crippen molar-refractivity contribution in [2.75, 3.05) is 6.61 Å². The highest BCUT2D eigenvalue weighted by Gasteiger charge is 2.06. The van der Waals surface area contributed by atoms with Crippen LogP contribution in [0.25, 0.3) is 0 Å². The van der Waals surface area contributed by atoms with Gasteiger partial charge >= 0.3 is 5.97 Å². The zero-order valence-electron chi connectivity index (χ0n) is 5.86. The maximum atomic E-state index is 10.5. The highest BCUT2D eigenvalue weighted by Crippen LogP contribution is 2.08. The minimum Gasteiger partial charge on any atom is -0.423 e. The number of carbonyl (C=O) groups is 1. The molecular weight excluding hydrogens is 144 g/mol. The summed E-state index contributed by atoms with van der Waals surface area (Å²) in [6.45, 7) is -0.0125. The summed E-state index contributed by atoms with van der Waals surface area (Å²) in [5.74, 6) is 0.147. The number of ether oxygens (including phenoxy) is 1. The van der Waals surface area contributed by atoms with E-state index in [9.17, 15) is 4.79 Å². The number of esters is 1. The van der Waals surface area contributed by atoms with Crippen molar-refractivity contribution in [3.63, 3.8) is 0 Å². The van der Waals surface area contributed by atoms with E-state index in [0.29, 0.717) is 5.76 Å². The number of aliphatic hydroxyl groups excluding tert-OH is 1. The van der Waals surface area contributed by atoms with Gasteiger partial charge in [-0.05, 0) is 12.2 Å². The summed E-state index contributed by atoms with van der Waals surface area (Å²) in [7, 11) is 0. The van der Waals surface area contributed by atoms with Crippen molar-refractivity contribution >= 4 is 5.97 Å². The largest absolute Gasteiger partial charge is 0.423 e. The molecule has 11 heavy (non-hydrogen) atoms. The number of aliphatic hydroxyl groups is 1. The fraction of sp³-hybridized carbons (Fsp3) is 0.125. The number of rotatable bonds is 2. The van der Waals surface area contributed by atoms with Crippen molar-refractivity contribution in [1.82, 2.24) is 0 Å². The molecule has 0 saturated carbocycles. The van der Waals surface area contributed by atoms with Crippen molar-refractivity contribution in [3.05, 3.63) is 36.1 Å². The summed E-state index contributed by atoms with van der Waals surface area (Å²) in [5, 5.41) is 8.35. The molecular formula is C8H8O3. The van der Waals surface area contributed by atoms with Gasteiger partial charge in [-0.25, -0.2) is 4.79 Å². The monoisotopic (exact) mass is 152 g/mol. The Labute approximate surface area is 64.3 Å². The van der Waals surface area contributed by atoms with Gasteiger partial charge in [0, 0.05) is 6.08 Å². The molecule has 0 aromatic rings. The van der Waals surface area contributed by atoms with Crippen LogP contribution < -0.4 is 0 Å². The van der Waals surface area contributed by atoms with Crippen LogP contribution in [0.1, 0.15) is 0 Å². The Bertz CT molecular complexity index is 236. The summed E-state index contributed by atoms with van der Waals surface area (Å²) >= 11 is 0. The van der Waals surface area contributed by atoms with Gasteiger partial charge in [0.25, 0.3) is 0 Å². The SMILES string of the molecule is O=C1C=C/C(=C/C=C/CO)O1. The van der Waals surface area contributed by atoms with E-state index in [4.69, 9.17) is 5.11 Å². The Balaban J connectivity index is 2.50. The lowest BCUT2D eigenvalue weighted by atomic mass is 10.4. The topological polar surface area (TPSA) is 46.5 Å². The lowest BCUT2D eigenvalue weighted by Crippen LogP contribution is -1.89. The Morgan fingerprint density at radius 1 is 1.55 bits per heavy atom. The molecule has 0 atom stereocenters. The van der Waals surface area contributed by atoms with Gasteiger partial charge < -0.3 is 9.84 Å².